The Morgan fingerprint density at radius 3 is 2.79 bits per heavy atom. The number of carbonyl (C=O) groups excluding carboxylic acids is 1. The van der Waals surface area contributed by atoms with Crippen LogP contribution in [-0.2, 0) is 16.3 Å². The molecule has 1 N–H and O–H groups in total. The van der Waals surface area contributed by atoms with E-state index in [1.54, 1.807) is 16.9 Å². The first-order chi connectivity index (χ1) is 15.8. The molecule has 1 saturated carbocycles. The highest BCUT2D eigenvalue weighted by Gasteiger charge is 2.43. The topological polar surface area (TPSA) is 91.2 Å². The summed E-state index contributed by atoms with van der Waals surface area (Å²) >= 11 is 0. The molecule has 1 amide bonds. The molecule has 1 aliphatic rings. The van der Waals surface area contributed by atoms with Crippen LogP contribution >= 0.6 is 0 Å². The molecule has 10 heteroatoms. The summed E-state index contributed by atoms with van der Waals surface area (Å²) in [4.78, 5) is 21.2. The van der Waals surface area contributed by atoms with Gasteiger partial charge in [-0.15, -0.1) is 0 Å². The summed E-state index contributed by atoms with van der Waals surface area (Å²) in [7, 11) is -1.22. The lowest BCUT2D eigenvalue weighted by atomic mass is 10.1. The number of amides is 1. The smallest absolute Gasteiger partial charge is 0.231 e. The number of nitrogens with one attached hydrogen (secondary N) is 1. The van der Waals surface area contributed by atoms with Gasteiger partial charge in [0.1, 0.15) is 24.4 Å². The Kier molecular flexibility index (Phi) is 6.75. The predicted molar refractivity (Wildman–Crippen MR) is 128 cm³/mol. The van der Waals surface area contributed by atoms with E-state index in [1.807, 2.05) is 25.1 Å². The van der Waals surface area contributed by atoms with Gasteiger partial charge in [-0.05, 0) is 43.7 Å². The maximum Gasteiger partial charge on any atom is 0.231 e. The molecule has 33 heavy (non-hydrogen) atoms. The van der Waals surface area contributed by atoms with Crippen LogP contribution in [0.3, 0.4) is 0 Å². The van der Waals surface area contributed by atoms with Crippen molar-refractivity contribution >= 4 is 30.8 Å². The molecule has 1 aliphatic carbocycles. The molecule has 3 aromatic rings. The van der Waals surface area contributed by atoms with Crippen LogP contribution in [-0.4, -0.2) is 53.1 Å². The summed E-state index contributed by atoms with van der Waals surface area (Å²) in [6, 6.07) is 8.32. The Morgan fingerprint density at radius 1 is 1.30 bits per heavy atom. The zero-order chi connectivity index (χ0) is 23.6. The lowest BCUT2D eigenvalue weighted by Gasteiger charge is -2.15. The standard InChI is InChI=1S/C23H30FN5O3Si/c1-5-32-23-16(7-6-10-25-23)20-15-8-9-19(27-22(30)17-13-18(17)24)26-21(15)29(28-20)14-31-11-12-33(2,3)4/h6-10,17-18H,5,11-14H2,1-4H3,(H,26,27,30)/t17-,18+/m1/s1. The fourth-order valence-corrected chi connectivity index (χ4v) is 4.17. The zero-order valence-electron chi connectivity index (χ0n) is 19.5. The molecule has 0 radical (unpaired) electrons. The third kappa shape index (κ3) is 5.56. The van der Waals surface area contributed by atoms with Crippen molar-refractivity contribution in [1.82, 2.24) is 19.7 Å². The van der Waals surface area contributed by atoms with E-state index in [0.717, 1.165) is 17.0 Å². The second-order valence-electron chi connectivity index (χ2n) is 9.40. The Morgan fingerprint density at radius 2 is 2.09 bits per heavy atom. The van der Waals surface area contributed by atoms with Crippen LogP contribution in [0.15, 0.2) is 30.5 Å². The van der Waals surface area contributed by atoms with Crippen molar-refractivity contribution < 1.29 is 18.7 Å². The van der Waals surface area contributed by atoms with Crippen LogP contribution in [0.4, 0.5) is 10.2 Å². The van der Waals surface area contributed by atoms with Crippen molar-refractivity contribution in [2.75, 3.05) is 18.5 Å². The molecule has 3 aromatic heterocycles. The number of aromatic nitrogens is 4. The van der Waals surface area contributed by atoms with Gasteiger partial charge in [-0.3, -0.25) is 4.79 Å². The highest BCUT2D eigenvalue weighted by atomic mass is 28.3. The van der Waals surface area contributed by atoms with Crippen molar-refractivity contribution in [3.63, 3.8) is 0 Å². The van der Waals surface area contributed by atoms with Gasteiger partial charge in [0, 0.05) is 26.3 Å². The summed E-state index contributed by atoms with van der Waals surface area (Å²) in [6.07, 6.45) is 0.880. The molecule has 4 rings (SSSR count). The van der Waals surface area contributed by atoms with Crippen LogP contribution in [0.25, 0.3) is 22.3 Å². The largest absolute Gasteiger partial charge is 0.477 e. The van der Waals surface area contributed by atoms with Crippen LogP contribution in [0.5, 0.6) is 5.88 Å². The lowest BCUT2D eigenvalue weighted by molar-refractivity contribution is -0.117. The van der Waals surface area contributed by atoms with Crippen LogP contribution in [0, 0.1) is 5.92 Å². The van der Waals surface area contributed by atoms with Crippen molar-refractivity contribution in [1.29, 1.82) is 0 Å². The third-order valence-corrected chi connectivity index (χ3v) is 7.12. The minimum atomic E-state index is -1.22. The van der Waals surface area contributed by atoms with E-state index >= 15 is 0 Å². The maximum atomic E-state index is 13.3. The molecule has 0 saturated heterocycles. The van der Waals surface area contributed by atoms with Crippen molar-refractivity contribution in [2.24, 2.45) is 5.92 Å². The average Bonchev–Trinajstić information content (AvgIpc) is 3.40. The molecule has 8 nitrogen and oxygen atoms in total. The first kappa shape index (κ1) is 23.3. The first-order valence-corrected chi connectivity index (χ1v) is 15.0. The van der Waals surface area contributed by atoms with E-state index in [0.29, 0.717) is 36.3 Å². The fourth-order valence-electron chi connectivity index (χ4n) is 3.42. The molecule has 3 heterocycles. The second kappa shape index (κ2) is 9.56. The van der Waals surface area contributed by atoms with Gasteiger partial charge in [0.25, 0.3) is 0 Å². The average molecular weight is 472 g/mol. The Hall–Kier alpha value is -2.85. The van der Waals surface area contributed by atoms with E-state index in [4.69, 9.17) is 14.6 Å². The number of hydrogen-bond acceptors (Lipinski definition) is 6. The third-order valence-electron chi connectivity index (χ3n) is 5.41. The van der Waals surface area contributed by atoms with Gasteiger partial charge >= 0.3 is 0 Å². The number of pyridine rings is 2. The second-order valence-corrected chi connectivity index (χ2v) is 15.0. The number of anilines is 1. The Balaban J connectivity index is 1.67. The van der Waals surface area contributed by atoms with Crippen molar-refractivity contribution in [3.8, 4) is 17.1 Å². The number of hydrogen-bond donors (Lipinski definition) is 1. The molecule has 176 valence electrons. The van der Waals surface area contributed by atoms with E-state index in [9.17, 15) is 9.18 Å². The SMILES string of the molecule is CCOc1ncccc1-c1nn(COCC[Si](C)(C)C)c2nc(NC(=O)[C@@H]3C[C@@H]3F)ccc12. The highest BCUT2D eigenvalue weighted by molar-refractivity contribution is 6.76. The van der Waals surface area contributed by atoms with E-state index in [1.165, 1.54) is 0 Å². The zero-order valence-corrected chi connectivity index (χ0v) is 20.5. The van der Waals surface area contributed by atoms with Gasteiger partial charge in [-0.25, -0.2) is 19.0 Å². The van der Waals surface area contributed by atoms with Gasteiger partial charge in [0.05, 0.1) is 18.1 Å². The summed E-state index contributed by atoms with van der Waals surface area (Å²) in [5, 5.41) is 8.27. The molecule has 0 spiro atoms. The Bertz CT molecular complexity index is 1150. The van der Waals surface area contributed by atoms with Crippen molar-refractivity contribution in [2.45, 2.75) is 51.9 Å². The van der Waals surface area contributed by atoms with Gasteiger partial charge < -0.3 is 14.8 Å². The van der Waals surface area contributed by atoms with E-state index in [2.05, 4.69) is 34.9 Å². The minimum Gasteiger partial charge on any atom is -0.477 e. The molecular weight excluding hydrogens is 441 g/mol. The number of halogens is 1. The van der Waals surface area contributed by atoms with Gasteiger partial charge in [0.15, 0.2) is 5.65 Å². The number of ether oxygens (including phenoxy) is 2. The summed E-state index contributed by atoms with van der Waals surface area (Å²) in [5.41, 5.74) is 1.99. The highest BCUT2D eigenvalue weighted by Crippen LogP contribution is 2.36. The Labute approximate surface area is 193 Å². The number of rotatable bonds is 10. The quantitative estimate of drug-likeness (QED) is 0.346. The predicted octanol–water partition coefficient (Wildman–Crippen LogP) is 4.50. The monoisotopic (exact) mass is 471 g/mol. The number of alkyl halides is 1. The molecule has 0 unspecified atom stereocenters. The summed E-state index contributed by atoms with van der Waals surface area (Å²) in [5.74, 6) is -0.0844. The number of carbonyl (C=O) groups is 1. The molecule has 0 aliphatic heterocycles. The van der Waals surface area contributed by atoms with Crippen LogP contribution in [0.1, 0.15) is 13.3 Å². The fraction of sp³-hybridized carbons (Fsp3) is 0.478. The van der Waals surface area contributed by atoms with Crippen LogP contribution < -0.4 is 10.1 Å². The maximum absolute atomic E-state index is 13.3. The molecule has 2 atom stereocenters. The molecular formula is C23H30FN5O3Si. The van der Waals surface area contributed by atoms with Crippen molar-refractivity contribution in [3.05, 3.63) is 30.5 Å². The van der Waals surface area contributed by atoms with E-state index < -0.39 is 20.2 Å². The summed E-state index contributed by atoms with van der Waals surface area (Å²) < 4.78 is 26.6. The first-order valence-electron chi connectivity index (χ1n) is 11.3. The van der Waals surface area contributed by atoms with Crippen LogP contribution in [0.2, 0.25) is 25.7 Å². The summed E-state index contributed by atoms with van der Waals surface area (Å²) in [6.45, 7) is 10.1. The van der Waals surface area contributed by atoms with Gasteiger partial charge in [-0.2, -0.15) is 5.10 Å². The number of fused-ring (bicyclic) bond motifs is 1. The minimum absolute atomic E-state index is 0.227. The van der Waals surface area contributed by atoms with Gasteiger partial charge in [0.2, 0.25) is 11.8 Å². The normalized spacial score (nSPS) is 17.8. The van der Waals surface area contributed by atoms with E-state index in [-0.39, 0.29) is 19.1 Å². The molecule has 0 bridgehead atoms. The number of nitrogens with zero attached hydrogens (tertiary/aromatic N) is 4. The lowest BCUT2D eigenvalue weighted by Crippen LogP contribution is -2.22. The molecule has 1 fully saturated rings. The van der Waals surface area contributed by atoms with Gasteiger partial charge in [-0.1, -0.05) is 19.6 Å². The molecule has 0 aromatic carbocycles.